The molecule has 0 aliphatic carbocycles. The molecule has 1 aromatic heterocycles. The first-order chi connectivity index (χ1) is 10.3. The Hall–Kier alpha value is -1.80. The van der Waals surface area contributed by atoms with Crippen LogP contribution >= 0.6 is 0 Å². The molecule has 0 bridgehead atoms. The van der Waals surface area contributed by atoms with Crippen molar-refractivity contribution < 1.29 is 31.2 Å². The summed E-state index contributed by atoms with van der Waals surface area (Å²) in [5.74, 6) is 0.942. The third-order valence-electron chi connectivity index (χ3n) is 2.41. The van der Waals surface area contributed by atoms with E-state index in [2.05, 4.69) is 17.2 Å². The number of piperidine rings is 1. The van der Waals surface area contributed by atoms with Crippen molar-refractivity contribution in [2.75, 3.05) is 13.1 Å². The first-order valence-corrected chi connectivity index (χ1v) is 6.38. The minimum Gasteiger partial charge on any atom is -0.662 e. The molecule has 1 fully saturated rings. The topological polar surface area (TPSA) is 159 Å². The molecule has 1 aliphatic rings. The fraction of sp³-hybridized carbons (Fsp3) is 0.583. The molecule has 0 amide bonds. The summed E-state index contributed by atoms with van der Waals surface area (Å²) >= 11 is 0. The van der Waals surface area contributed by atoms with Gasteiger partial charge in [-0.2, -0.15) is 0 Å². The van der Waals surface area contributed by atoms with E-state index >= 15 is 0 Å². The molecule has 2 heterocycles. The molecular formula is C12H19N4O6Pt-. The second-order valence-corrected chi connectivity index (χ2v) is 4.33. The van der Waals surface area contributed by atoms with Gasteiger partial charge in [-0.15, -0.1) is 13.1 Å². The summed E-state index contributed by atoms with van der Waals surface area (Å²) in [6.45, 7) is 6.57. The van der Waals surface area contributed by atoms with Gasteiger partial charge >= 0.3 is 21.1 Å². The van der Waals surface area contributed by atoms with E-state index in [1.165, 1.54) is 18.4 Å². The van der Waals surface area contributed by atoms with Crippen LogP contribution in [0.5, 0.6) is 0 Å². The van der Waals surface area contributed by atoms with Crippen molar-refractivity contribution >= 4 is 0 Å². The molecule has 0 atom stereocenters. The van der Waals surface area contributed by atoms with Crippen molar-refractivity contribution in [1.29, 1.82) is 0 Å². The van der Waals surface area contributed by atoms with Crippen LogP contribution in [0.4, 0.5) is 0 Å². The Morgan fingerprint density at radius 2 is 1.39 bits per heavy atom. The number of rotatable bonds is 0. The van der Waals surface area contributed by atoms with Gasteiger partial charge in [0, 0.05) is 12.4 Å². The molecule has 2 rings (SSSR count). The molecule has 0 radical (unpaired) electrons. The summed E-state index contributed by atoms with van der Waals surface area (Å²) in [4.78, 5) is 20.3. The van der Waals surface area contributed by atoms with E-state index in [1.807, 2.05) is 19.1 Å². The van der Waals surface area contributed by atoms with E-state index in [9.17, 15) is 0 Å². The number of aromatic nitrogens is 1. The largest absolute Gasteiger partial charge is 2.00 e. The predicted molar refractivity (Wildman–Crippen MR) is 81.2 cm³/mol. The zero-order valence-corrected chi connectivity index (χ0v) is 15.0. The Morgan fingerprint density at radius 3 is 1.57 bits per heavy atom. The van der Waals surface area contributed by atoms with Crippen molar-refractivity contribution in [3.8, 4) is 0 Å². The number of nitrogens with zero attached hydrogens (tertiary/aromatic N) is 4. The summed E-state index contributed by atoms with van der Waals surface area (Å²) in [5.41, 5.74) is 1.26. The van der Waals surface area contributed by atoms with E-state index < -0.39 is 10.2 Å². The van der Waals surface area contributed by atoms with Crippen molar-refractivity contribution in [2.24, 2.45) is 5.92 Å². The summed E-state index contributed by atoms with van der Waals surface area (Å²) in [7, 11) is 0. The molecule has 11 heteroatoms. The van der Waals surface area contributed by atoms with Crippen molar-refractivity contribution in [2.45, 2.75) is 26.7 Å². The van der Waals surface area contributed by atoms with Crippen molar-refractivity contribution in [3.05, 3.63) is 66.0 Å². The fourth-order valence-corrected chi connectivity index (χ4v) is 1.31. The number of hydrogen-bond donors (Lipinski definition) is 0. The Kier molecular flexibility index (Phi) is 20.7. The molecule has 1 aliphatic heterocycles. The van der Waals surface area contributed by atoms with Crippen LogP contribution in [0.1, 0.15) is 25.3 Å². The van der Waals surface area contributed by atoms with Crippen LogP contribution in [0.15, 0.2) is 24.5 Å². The second kappa shape index (κ2) is 18.2. The summed E-state index contributed by atoms with van der Waals surface area (Å²) in [5, 5.41) is 33.7. The Morgan fingerprint density at radius 1 is 1.04 bits per heavy atom. The standard InChI is InChI=1S/C6H12N.C6H7N.2NO3.Pt/c2*1-6-2-4-7-5-3-6;2*2-1(3)4;/h6H,2-5H2,1H3;2-5H,1H3;;;/q-1;;2*-1;+2. The average Bonchev–Trinajstić information content (AvgIpc) is 2.40. The van der Waals surface area contributed by atoms with E-state index in [1.54, 1.807) is 12.4 Å². The number of hydrogen-bond acceptors (Lipinski definition) is 7. The Bertz CT molecular complexity index is 384. The second-order valence-electron chi connectivity index (χ2n) is 4.33. The smallest absolute Gasteiger partial charge is 0.662 e. The van der Waals surface area contributed by atoms with E-state index in [0.717, 1.165) is 19.0 Å². The van der Waals surface area contributed by atoms with E-state index in [0.29, 0.717) is 0 Å². The van der Waals surface area contributed by atoms with Gasteiger partial charge in [-0.05, 0) is 30.5 Å². The maximum Gasteiger partial charge on any atom is 2.00 e. The van der Waals surface area contributed by atoms with Crippen LogP contribution in [0.3, 0.4) is 0 Å². The molecule has 134 valence electrons. The molecule has 23 heavy (non-hydrogen) atoms. The molecule has 0 unspecified atom stereocenters. The van der Waals surface area contributed by atoms with Gasteiger partial charge in [0.05, 0.1) is 10.2 Å². The van der Waals surface area contributed by atoms with Crippen LogP contribution in [-0.2, 0) is 21.1 Å². The van der Waals surface area contributed by atoms with Crippen LogP contribution < -0.4 is 0 Å². The van der Waals surface area contributed by atoms with Gasteiger partial charge in [0.15, 0.2) is 0 Å². The SMILES string of the molecule is CC1CC[N-]CC1.Cc1ccncc1.O=[N+]([O-])[O-].O=[N+]([O-])[O-].[Pt+2]. The molecule has 1 aromatic rings. The van der Waals surface area contributed by atoms with Crippen molar-refractivity contribution in [1.82, 2.24) is 4.98 Å². The molecule has 0 spiro atoms. The third kappa shape index (κ3) is 33.2. The van der Waals surface area contributed by atoms with Crippen LogP contribution in [0.25, 0.3) is 5.32 Å². The van der Waals surface area contributed by atoms with Gasteiger partial charge in [0.1, 0.15) is 0 Å². The number of pyridine rings is 1. The minimum atomic E-state index is -1.75. The fourth-order valence-electron chi connectivity index (χ4n) is 1.31. The molecule has 10 nitrogen and oxygen atoms in total. The Labute approximate surface area is 148 Å². The van der Waals surface area contributed by atoms with Crippen molar-refractivity contribution in [3.63, 3.8) is 0 Å². The van der Waals surface area contributed by atoms with Gasteiger partial charge in [0.2, 0.25) is 0 Å². The average molecular weight is 510 g/mol. The zero-order valence-electron chi connectivity index (χ0n) is 12.8. The summed E-state index contributed by atoms with van der Waals surface area (Å²) in [6.07, 6.45) is 6.21. The molecule has 0 N–H and O–H groups in total. The monoisotopic (exact) mass is 510 g/mol. The van der Waals surface area contributed by atoms with Gasteiger partial charge in [-0.3, -0.25) is 4.98 Å². The predicted octanol–water partition coefficient (Wildman–Crippen LogP) is 2.70. The third-order valence-corrected chi connectivity index (χ3v) is 2.41. The van der Waals surface area contributed by atoms with Crippen LogP contribution in [0, 0.1) is 43.5 Å². The first kappa shape index (κ1) is 26.1. The van der Waals surface area contributed by atoms with E-state index in [-0.39, 0.29) is 21.1 Å². The van der Waals surface area contributed by atoms with E-state index in [4.69, 9.17) is 30.6 Å². The summed E-state index contributed by atoms with van der Waals surface area (Å²) < 4.78 is 0. The van der Waals surface area contributed by atoms with Gasteiger partial charge < -0.3 is 36.0 Å². The van der Waals surface area contributed by atoms with Gasteiger partial charge in [-0.1, -0.05) is 19.8 Å². The quantitative estimate of drug-likeness (QED) is 0.383. The normalized spacial score (nSPS) is 12.4. The van der Waals surface area contributed by atoms with Crippen LogP contribution in [-0.4, -0.2) is 28.2 Å². The molecule has 0 saturated carbocycles. The van der Waals surface area contributed by atoms with Crippen LogP contribution in [0.2, 0.25) is 0 Å². The molecule has 0 aromatic carbocycles. The minimum absolute atomic E-state index is 0. The first-order valence-electron chi connectivity index (χ1n) is 6.38. The maximum absolute atomic E-state index is 8.25. The Balaban J connectivity index is -0.000000238. The zero-order chi connectivity index (χ0) is 17.4. The summed E-state index contributed by atoms with van der Waals surface area (Å²) in [6, 6.07) is 3.94. The molecule has 1 saturated heterocycles. The molecular weight excluding hydrogens is 491 g/mol. The number of aryl methyl sites for hydroxylation is 1. The van der Waals surface area contributed by atoms with Gasteiger partial charge in [-0.25, -0.2) is 0 Å². The maximum atomic E-state index is 8.25. The van der Waals surface area contributed by atoms with Gasteiger partial charge in [0.25, 0.3) is 0 Å².